The van der Waals surface area contributed by atoms with Crippen molar-refractivity contribution in [2.75, 3.05) is 13.2 Å². The Morgan fingerprint density at radius 1 is 0.585 bits per heavy atom. The monoisotopic (exact) mass is 554 g/mol. The molecule has 2 aromatic rings. The first kappa shape index (κ1) is 28.1. The van der Waals surface area contributed by atoms with Crippen LogP contribution >= 0.6 is 0 Å². The van der Waals surface area contributed by atoms with Crippen LogP contribution in [0.4, 0.5) is 0 Å². The predicted molar refractivity (Wildman–Crippen MR) is 169 cm³/mol. The van der Waals surface area contributed by atoms with Crippen LogP contribution in [0.1, 0.15) is 114 Å². The molecule has 2 aromatic carbocycles. The second kappa shape index (κ2) is 12.9. The quantitative estimate of drug-likeness (QED) is 0.366. The highest BCUT2D eigenvalue weighted by Crippen LogP contribution is 2.56. The van der Waals surface area contributed by atoms with Crippen molar-refractivity contribution < 1.29 is 9.47 Å². The van der Waals surface area contributed by atoms with Gasteiger partial charge in [0.1, 0.15) is 0 Å². The first-order valence-electron chi connectivity index (χ1n) is 17.7. The van der Waals surface area contributed by atoms with Crippen molar-refractivity contribution in [3.63, 3.8) is 0 Å². The van der Waals surface area contributed by atoms with Crippen molar-refractivity contribution in [3.8, 4) is 11.1 Å². The minimum Gasteiger partial charge on any atom is -0.377 e. The van der Waals surface area contributed by atoms with Gasteiger partial charge in [0.05, 0.1) is 25.4 Å². The molecule has 0 aromatic heterocycles. The fourth-order valence-electron chi connectivity index (χ4n) is 10.3. The molecule has 5 aliphatic rings. The average Bonchev–Trinajstić information content (AvgIpc) is 3.12. The maximum absolute atomic E-state index is 7.09. The standard InChI is InChI=1S/C39H54O2/c1-2-3-8-27-13-15-28(16-14-27)29-17-19-30(20-18-29)33-25-40-36-23-21-31-9-4-6-11-34(31)38(36)39-35-12-7-5-10-32(35)22-24-37(39)41-26-33/h13-20,31-39H,2-12,21-26H2,1H3. The molecule has 4 saturated carbocycles. The molecule has 5 fully saturated rings. The van der Waals surface area contributed by atoms with Gasteiger partial charge in [-0.1, -0.05) is 100 Å². The fourth-order valence-corrected chi connectivity index (χ4v) is 10.3. The summed E-state index contributed by atoms with van der Waals surface area (Å²) in [5.41, 5.74) is 5.47. The third-order valence-corrected chi connectivity index (χ3v) is 12.4. The van der Waals surface area contributed by atoms with E-state index in [1.54, 1.807) is 0 Å². The molecule has 2 heteroatoms. The Labute approximate surface area is 250 Å². The maximum Gasteiger partial charge on any atom is 0.0610 e. The molecule has 0 N–H and O–H groups in total. The number of aryl methyl sites for hydroxylation is 1. The second-order valence-corrected chi connectivity index (χ2v) is 14.6. The molecule has 0 spiro atoms. The zero-order valence-electron chi connectivity index (χ0n) is 25.7. The summed E-state index contributed by atoms with van der Waals surface area (Å²) in [5, 5.41) is 0. The van der Waals surface area contributed by atoms with E-state index in [4.69, 9.17) is 9.47 Å². The number of ether oxygens (including phenoxy) is 2. The van der Waals surface area contributed by atoms with Gasteiger partial charge in [0.2, 0.25) is 0 Å². The van der Waals surface area contributed by atoms with Crippen molar-refractivity contribution in [1.29, 1.82) is 0 Å². The van der Waals surface area contributed by atoms with Crippen molar-refractivity contribution in [2.24, 2.45) is 35.5 Å². The van der Waals surface area contributed by atoms with E-state index in [9.17, 15) is 0 Å². The van der Waals surface area contributed by atoms with Gasteiger partial charge < -0.3 is 9.47 Å². The van der Waals surface area contributed by atoms with Gasteiger partial charge in [-0.25, -0.2) is 0 Å². The SMILES string of the molecule is CCCCc1ccc(-c2ccc(C3COC4CCC5CCCCC5C4C4C(CCC5CCCCC54)OC3)cc2)cc1. The van der Waals surface area contributed by atoms with Crippen LogP contribution in [0.15, 0.2) is 48.5 Å². The normalized spacial score (nSPS) is 37.3. The molecular formula is C39H54O2. The Morgan fingerprint density at radius 2 is 1.10 bits per heavy atom. The van der Waals surface area contributed by atoms with Gasteiger partial charge in [-0.15, -0.1) is 0 Å². The lowest BCUT2D eigenvalue weighted by Gasteiger charge is -2.55. The first-order valence-corrected chi connectivity index (χ1v) is 17.7. The van der Waals surface area contributed by atoms with Gasteiger partial charge in [-0.3, -0.25) is 0 Å². The minimum atomic E-state index is 0.327. The van der Waals surface area contributed by atoms with Crippen LogP contribution < -0.4 is 0 Å². The van der Waals surface area contributed by atoms with Crippen LogP contribution in [0.25, 0.3) is 11.1 Å². The van der Waals surface area contributed by atoms with E-state index in [-0.39, 0.29) is 0 Å². The van der Waals surface area contributed by atoms with E-state index >= 15 is 0 Å². The Morgan fingerprint density at radius 3 is 1.63 bits per heavy atom. The van der Waals surface area contributed by atoms with Crippen LogP contribution in [-0.4, -0.2) is 25.4 Å². The predicted octanol–water partition coefficient (Wildman–Crippen LogP) is 10.00. The van der Waals surface area contributed by atoms with Crippen LogP contribution in [-0.2, 0) is 15.9 Å². The highest BCUT2D eigenvalue weighted by molar-refractivity contribution is 5.64. The van der Waals surface area contributed by atoms with Crippen molar-refractivity contribution in [2.45, 2.75) is 121 Å². The Balaban J connectivity index is 1.12. The summed E-state index contributed by atoms with van der Waals surface area (Å²) in [5.74, 6) is 5.43. The highest BCUT2D eigenvalue weighted by Gasteiger charge is 2.53. The van der Waals surface area contributed by atoms with Crippen molar-refractivity contribution >= 4 is 0 Å². The van der Waals surface area contributed by atoms with E-state index in [1.807, 2.05) is 0 Å². The lowest BCUT2D eigenvalue weighted by atomic mass is 9.53. The Bertz CT molecular complexity index is 1060. The van der Waals surface area contributed by atoms with Crippen LogP contribution in [0, 0.1) is 35.5 Å². The highest BCUT2D eigenvalue weighted by atomic mass is 16.5. The zero-order chi connectivity index (χ0) is 27.6. The van der Waals surface area contributed by atoms with Gasteiger partial charge in [-0.2, -0.15) is 0 Å². The maximum atomic E-state index is 7.09. The van der Waals surface area contributed by atoms with Crippen molar-refractivity contribution in [1.82, 2.24) is 0 Å². The third-order valence-electron chi connectivity index (χ3n) is 12.4. The minimum absolute atomic E-state index is 0.327. The van der Waals surface area contributed by atoms with E-state index in [0.29, 0.717) is 18.1 Å². The molecule has 1 aliphatic heterocycles. The summed E-state index contributed by atoms with van der Waals surface area (Å²) in [6.45, 7) is 3.90. The second-order valence-electron chi connectivity index (χ2n) is 14.6. The van der Waals surface area contributed by atoms with Crippen LogP contribution in [0.2, 0.25) is 0 Å². The molecule has 0 radical (unpaired) electrons. The summed E-state index contributed by atoms with van der Waals surface area (Å²) < 4.78 is 14.2. The number of rotatable bonds is 5. The number of hydrogen-bond donors (Lipinski definition) is 0. The molecule has 4 aliphatic carbocycles. The van der Waals surface area contributed by atoms with E-state index < -0.39 is 0 Å². The van der Waals surface area contributed by atoms with Gasteiger partial charge >= 0.3 is 0 Å². The summed E-state index contributed by atoms with van der Waals surface area (Å²) in [4.78, 5) is 0. The molecule has 0 amide bonds. The van der Waals surface area contributed by atoms with E-state index in [0.717, 1.165) is 48.7 Å². The lowest BCUT2D eigenvalue weighted by Crippen LogP contribution is -2.53. The van der Waals surface area contributed by atoms with E-state index in [1.165, 1.54) is 119 Å². The molecule has 8 unspecified atom stereocenters. The number of benzene rings is 2. The molecule has 0 bridgehead atoms. The lowest BCUT2D eigenvalue weighted by molar-refractivity contribution is -0.140. The smallest absolute Gasteiger partial charge is 0.0610 e. The van der Waals surface area contributed by atoms with E-state index in [2.05, 4.69) is 55.5 Å². The Kier molecular flexibility index (Phi) is 8.87. The van der Waals surface area contributed by atoms with Gasteiger partial charge in [0, 0.05) is 5.92 Å². The van der Waals surface area contributed by atoms with Gasteiger partial charge in [0.25, 0.3) is 0 Å². The van der Waals surface area contributed by atoms with Crippen LogP contribution in [0.5, 0.6) is 0 Å². The molecule has 1 heterocycles. The van der Waals surface area contributed by atoms with Gasteiger partial charge in [0.15, 0.2) is 0 Å². The fraction of sp³-hybridized carbons (Fsp3) is 0.692. The number of fused-ring (bicyclic) bond motifs is 7. The Hall–Kier alpha value is -1.64. The average molecular weight is 555 g/mol. The molecule has 7 rings (SSSR count). The summed E-state index contributed by atoms with van der Waals surface area (Å²) in [6, 6.07) is 18.6. The molecule has 2 nitrogen and oxygen atoms in total. The van der Waals surface area contributed by atoms with Gasteiger partial charge in [-0.05, 0) is 109 Å². The number of hydrogen-bond acceptors (Lipinski definition) is 2. The summed E-state index contributed by atoms with van der Waals surface area (Å²) >= 11 is 0. The third kappa shape index (κ3) is 5.95. The summed E-state index contributed by atoms with van der Waals surface area (Å²) in [7, 11) is 0. The van der Waals surface area contributed by atoms with Crippen molar-refractivity contribution in [3.05, 3.63) is 59.7 Å². The molecule has 41 heavy (non-hydrogen) atoms. The van der Waals surface area contributed by atoms with Crippen LogP contribution in [0.3, 0.4) is 0 Å². The topological polar surface area (TPSA) is 18.5 Å². The molecule has 222 valence electrons. The molecule has 1 saturated heterocycles. The summed E-state index contributed by atoms with van der Waals surface area (Å²) in [6.07, 6.45) is 21.6. The molecular weight excluding hydrogens is 500 g/mol. The zero-order valence-corrected chi connectivity index (χ0v) is 25.7. The largest absolute Gasteiger partial charge is 0.377 e. The molecule has 8 atom stereocenters. The number of unbranched alkanes of at least 4 members (excludes halogenated alkanes) is 1. The first-order chi connectivity index (χ1) is 20.3.